The quantitative estimate of drug-likeness (QED) is 0.785. The molecule has 1 heterocycles. The monoisotopic (exact) mass is 398 g/mol. The summed E-state index contributed by atoms with van der Waals surface area (Å²) in [5.74, 6) is -0.247. The summed E-state index contributed by atoms with van der Waals surface area (Å²) in [5.41, 5.74) is 6.76. The zero-order valence-corrected chi connectivity index (χ0v) is 16.6. The van der Waals surface area contributed by atoms with Gasteiger partial charge >= 0.3 is 0 Å². The summed E-state index contributed by atoms with van der Waals surface area (Å²) in [6.07, 6.45) is 0. The van der Waals surface area contributed by atoms with E-state index in [4.69, 9.17) is 5.73 Å². The Morgan fingerprint density at radius 2 is 1.83 bits per heavy atom. The number of rotatable bonds is 5. The second-order valence-electron chi connectivity index (χ2n) is 5.84. The normalized spacial score (nSPS) is 19.2. The Balaban J connectivity index is 0. The van der Waals surface area contributed by atoms with Crippen molar-refractivity contribution in [3.8, 4) is 0 Å². The number of amides is 1. The molecule has 5 nitrogen and oxygen atoms in total. The van der Waals surface area contributed by atoms with E-state index < -0.39 is 0 Å². The third kappa shape index (κ3) is 7.13. The van der Waals surface area contributed by atoms with E-state index >= 15 is 0 Å². The van der Waals surface area contributed by atoms with Gasteiger partial charge in [0.2, 0.25) is 5.91 Å². The second-order valence-corrected chi connectivity index (χ2v) is 5.84. The molecule has 1 aromatic carbocycles. The van der Waals surface area contributed by atoms with Gasteiger partial charge in [0, 0.05) is 38.8 Å². The highest BCUT2D eigenvalue weighted by Crippen LogP contribution is 2.14. The van der Waals surface area contributed by atoms with E-state index in [0.29, 0.717) is 19.1 Å². The first-order chi connectivity index (χ1) is 10.1. The molecule has 2 rings (SSSR count). The largest absolute Gasteiger partial charge is 0.354 e. The number of hydrogen-bond donors (Lipinski definition) is 2. The van der Waals surface area contributed by atoms with Crippen LogP contribution >= 0.6 is 37.2 Å². The summed E-state index contributed by atoms with van der Waals surface area (Å²) in [7, 11) is 4.23. The summed E-state index contributed by atoms with van der Waals surface area (Å²) in [5, 5.41) is 3.07. The van der Waals surface area contributed by atoms with E-state index in [2.05, 4.69) is 29.2 Å². The number of benzene rings is 1. The lowest BCUT2D eigenvalue weighted by molar-refractivity contribution is -0.122. The van der Waals surface area contributed by atoms with Crippen molar-refractivity contribution >= 4 is 43.1 Å². The molecule has 140 valence electrons. The lowest BCUT2D eigenvalue weighted by Gasteiger charge is -2.37. The number of hydrogen-bond acceptors (Lipinski definition) is 4. The fourth-order valence-corrected chi connectivity index (χ4v) is 2.74. The van der Waals surface area contributed by atoms with Gasteiger partial charge in [-0.1, -0.05) is 30.3 Å². The Labute approximate surface area is 163 Å². The van der Waals surface area contributed by atoms with Gasteiger partial charge in [0.1, 0.15) is 0 Å². The molecule has 0 radical (unpaired) electrons. The van der Waals surface area contributed by atoms with Gasteiger partial charge < -0.3 is 16.0 Å². The first-order valence-electron chi connectivity index (χ1n) is 7.53. The molecular formula is C16H29Cl3N4O. The van der Waals surface area contributed by atoms with E-state index in [1.54, 1.807) is 0 Å². The first kappa shape index (κ1) is 25.7. The number of halogens is 3. The van der Waals surface area contributed by atoms with Crippen LogP contribution in [0.5, 0.6) is 0 Å². The van der Waals surface area contributed by atoms with Crippen molar-refractivity contribution in [2.45, 2.75) is 12.0 Å². The molecule has 1 saturated heterocycles. The average Bonchev–Trinajstić information content (AvgIpc) is 2.50. The maximum atomic E-state index is 12.4. The molecule has 1 fully saturated rings. The standard InChI is InChI=1S/C16H26N4O.3ClH/c1-19-8-9-20(2)14(12-19)11-18-16(21)15(10-17)13-6-4-3-5-7-13;;;/h3-7,14-15H,8-12,17H2,1-2H3,(H,18,21);3*1H. The predicted molar refractivity (Wildman–Crippen MR) is 107 cm³/mol. The fraction of sp³-hybridized carbons (Fsp3) is 0.562. The van der Waals surface area contributed by atoms with Crippen LogP contribution in [0.25, 0.3) is 0 Å². The molecule has 0 spiro atoms. The molecule has 0 bridgehead atoms. The van der Waals surface area contributed by atoms with Crippen LogP contribution < -0.4 is 11.1 Å². The van der Waals surface area contributed by atoms with Crippen molar-refractivity contribution in [3.05, 3.63) is 35.9 Å². The van der Waals surface area contributed by atoms with Crippen molar-refractivity contribution in [3.63, 3.8) is 0 Å². The highest BCUT2D eigenvalue weighted by atomic mass is 35.5. The Kier molecular flexibility index (Phi) is 13.6. The summed E-state index contributed by atoms with van der Waals surface area (Å²) >= 11 is 0. The van der Waals surface area contributed by atoms with E-state index in [0.717, 1.165) is 25.2 Å². The summed E-state index contributed by atoms with van der Waals surface area (Å²) in [6, 6.07) is 10.1. The molecule has 1 aliphatic heterocycles. The number of nitrogens with two attached hydrogens (primary N) is 1. The zero-order valence-electron chi connectivity index (χ0n) is 14.2. The van der Waals surface area contributed by atoms with E-state index in [1.165, 1.54) is 0 Å². The number of likely N-dealkylation sites (N-methyl/N-ethyl adjacent to an activating group) is 2. The molecular weight excluding hydrogens is 371 g/mol. The number of nitrogens with zero attached hydrogens (tertiary/aromatic N) is 2. The van der Waals surface area contributed by atoms with Crippen molar-refractivity contribution < 1.29 is 4.79 Å². The van der Waals surface area contributed by atoms with Crippen LogP contribution in [0.1, 0.15) is 11.5 Å². The molecule has 0 aromatic heterocycles. The summed E-state index contributed by atoms with van der Waals surface area (Å²) in [4.78, 5) is 17.0. The second kappa shape index (κ2) is 12.8. The maximum Gasteiger partial charge on any atom is 0.228 e. The van der Waals surface area contributed by atoms with Crippen LogP contribution in [0.2, 0.25) is 0 Å². The molecule has 24 heavy (non-hydrogen) atoms. The lowest BCUT2D eigenvalue weighted by Crippen LogP contribution is -2.54. The topological polar surface area (TPSA) is 61.6 Å². The van der Waals surface area contributed by atoms with Crippen molar-refractivity contribution in [2.24, 2.45) is 5.73 Å². The molecule has 2 atom stereocenters. The van der Waals surface area contributed by atoms with Gasteiger partial charge in [0.15, 0.2) is 0 Å². The van der Waals surface area contributed by atoms with Gasteiger partial charge in [-0.3, -0.25) is 9.69 Å². The Morgan fingerprint density at radius 1 is 1.21 bits per heavy atom. The molecule has 1 aliphatic rings. The highest BCUT2D eigenvalue weighted by molar-refractivity contribution is 5.86. The number of piperazine rings is 1. The molecule has 0 aliphatic carbocycles. The van der Waals surface area contributed by atoms with Gasteiger partial charge in [-0.05, 0) is 19.7 Å². The fourth-order valence-electron chi connectivity index (χ4n) is 2.74. The van der Waals surface area contributed by atoms with Crippen LogP contribution in [-0.2, 0) is 4.79 Å². The van der Waals surface area contributed by atoms with Gasteiger partial charge in [0.25, 0.3) is 0 Å². The summed E-state index contributed by atoms with van der Waals surface area (Å²) in [6.45, 7) is 4.10. The van der Waals surface area contributed by atoms with E-state index in [9.17, 15) is 4.79 Å². The lowest BCUT2D eigenvalue weighted by atomic mass is 9.98. The molecule has 2 unspecified atom stereocenters. The Morgan fingerprint density at radius 3 is 2.42 bits per heavy atom. The van der Waals surface area contributed by atoms with E-state index in [1.807, 2.05) is 30.3 Å². The molecule has 3 N–H and O–H groups in total. The maximum absolute atomic E-state index is 12.4. The third-order valence-electron chi connectivity index (χ3n) is 4.25. The van der Waals surface area contributed by atoms with E-state index in [-0.39, 0.29) is 49.0 Å². The number of carbonyl (C=O) groups excluding carboxylic acids is 1. The third-order valence-corrected chi connectivity index (χ3v) is 4.25. The van der Waals surface area contributed by atoms with Crippen molar-refractivity contribution in [1.82, 2.24) is 15.1 Å². The van der Waals surface area contributed by atoms with Crippen LogP contribution in [0.4, 0.5) is 0 Å². The number of carbonyl (C=O) groups is 1. The summed E-state index contributed by atoms with van der Waals surface area (Å²) < 4.78 is 0. The Hall–Kier alpha value is -0.560. The minimum absolute atomic E-state index is 0. The van der Waals surface area contributed by atoms with Gasteiger partial charge in [-0.2, -0.15) is 0 Å². The van der Waals surface area contributed by atoms with Crippen LogP contribution in [0.3, 0.4) is 0 Å². The van der Waals surface area contributed by atoms with Gasteiger partial charge in [-0.15, -0.1) is 37.2 Å². The van der Waals surface area contributed by atoms with Gasteiger partial charge in [-0.25, -0.2) is 0 Å². The molecule has 1 amide bonds. The highest BCUT2D eigenvalue weighted by Gasteiger charge is 2.24. The van der Waals surface area contributed by atoms with Crippen molar-refractivity contribution in [1.29, 1.82) is 0 Å². The van der Waals surface area contributed by atoms with Crippen molar-refractivity contribution in [2.75, 3.05) is 46.8 Å². The van der Waals surface area contributed by atoms with Crippen LogP contribution in [-0.4, -0.2) is 68.6 Å². The van der Waals surface area contributed by atoms with Crippen LogP contribution in [0.15, 0.2) is 30.3 Å². The smallest absolute Gasteiger partial charge is 0.228 e. The van der Waals surface area contributed by atoms with Crippen LogP contribution in [0, 0.1) is 0 Å². The number of nitrogens with one attached hydrogen (secondary N) is 1. The Bertz CT molecular complexity index is 464. The minimum Gasteiger partial charge on any atom is -0.354 e. The average molecular weight is 400 g/mol. The molecule has 0 saturated carbocycles. The molecule has 8 heteroatoms. The minimum atomic E-state index is -0.266. The predicted octanol–water partition coefficient (Wildman–Crippen LogP) is 1.36. The van der Waals surface area contributed by atoms with Gasteiger partial charge in [0.05, 0.1) is 5.92 Å². The SMILES string of the molecule is CN1CCN(C)C(CNC(=O)C(CN)c2ccccc2)C1.Cl.Cl.Cl. The molecule has 1 aromatic rings. The first-order valence-corrected chi connectivity index (χ1v) is 7.53. The zero-order chi connectivity index (χ0) is 15.2.